The Kier molecular flexibility index (Phi) is 7.03. The summed E-state index contributed by atoms with van der Waals surface area (Å²) in [7, 11) is -1.97. The Morgan fingerprint density at radius 1 is 1.26 bits per heavy atom. The Morgan fingerprint density at radius 3 is 2.63 bits per heavy atom. The van der Waals surface area contributed by atoms with E-state index in [-0.39, 0.29) is 17.3 Å². The smallest absolute Gasteiger partial charge is 0.338 e. The SMILES string of the molecule is COCCN(CC1CC1)c1ccc(-c2nc(-c3ccc(C(=O)O)c(F)c3)no2)cc1NS(C)(=O)=O. The molecule has 12 heteroatoms. The lowest BCUT2D eigenvalue weighted by Gasteiger charge is -2.27. The highest BCUT2D eigenvalue weighted by Crippen LogP contribution is 2.36. The number of halogens is 1. The second kappa shape index (κ2) is 10.0. The van der Waals surface area contributed by atoms with Crippen LogP contribution in [0.1, 0.15) is 23.2 Å². The number of carboxylic acid groups (broad SMARTS) is 1. The van der Waals surface area contributed by atoms with Gasteiger partial charge in [0.05, 0.1) is 29.8 Å². The van der Waals surface area contributed by atoms with E-state index in [0.29, 0.717) is 36.0 Å². The summed E-state index contributed by atoms with van der Waals surface area (Å²) in [6, 6.07) is 8.65. The lowest BCUT2D eigenvalue weighted by atomic mass is 10.1. The second-order valence-corrected chi connectivity index (χ2v) is 10.2. The molecule has 1 aliphatic rings. The van der Waals surface area contributed by atoms with E-state index in [1.807, 2.05) is 0 Å². The van der Waals surface area contributed by atoms with Crippen molar-refractivity contribution in [2.24, 2.45) is 5.92 Å². The molecule has 1 aliphatic carbocycles. The Hall–Kier alpha value is -3.51. The van der Waals surface area contributed by atoms with Gasteiger partial charge in [-0.25, -0.2) is 17.6 Å². The van der Waals surface area contributed by atoms with Gasteiger partial charge in [-0.3, -0.25) is 4.72 Å². The van der Waals surface area contributed by atoms with Crippen LogP contribution >= 0.6 is 0 Å². The van der Waals surface area contributed by atoms with Crippen LogP contribution in [0.15, 0.2) is 40.9 Å². The Balaban J connectivity index is 1.67. The first-order chi connectivity index (χ1) is 16.6. The summed E-state index contributed by atoms with van der Waals surface area (Å²) in [6.07, 6.45) is 3.34. The fourth-order valence-corrected chi connectivity index (χ4v) is 4.20. The van der Waals surface area contributed by atoms with E-state index in [0.717, 1.165) is 37.8 Å². The molecule has 0 unspecified atom stereocenters. The molecule has 10 nitrogen and oxygen atoms in total. The first-order valence-electron chi connectivity index (χ1n) is 10.9. The topological polar surface area (TPSA) is 135 Å². The fraction of sp³-hybridized carbons (Fsp3) is 0.348. The Bertz CT molecular complexity index is 1340. The molecule has 0 radical (unpaired) electrons. The summed E-state index contributed by atoms with van der Waals surface area (Å²) < 4.78 is 51.4. The molecule has 1 heterocycles. The quantitative estimate of drug-likeness (QED) is 0.402. The van der Waals surface area contributed by atoms with E-state index in [4.69, 9.17) is 14.4 Å². The average molecular weight is 505 g/mol. The minimum atomic E-state index is -3.58. The summed E-state index contributed by atoms with van der Waals surface area (Å²) >= 11 is 0. The van der Waals surface area contributed by atoms with Crippen molar-refractivity contribution in [1.82, 2.24) is 10.1 Å². The molecule has 1 aromatic heterocycles. The number of nitrogens with one attached hydrogen (secondary N) is 1. The normalized spacial score (nSPS) is 13.6. The summed E-state index contributed by atoms with van der Waals surface area (Å²) in [4.78, 5) is 17.4. The number of rotatable bonds is 11. The van der Waals surface area contributed by atoms with Crippen molar-refractivity contribution in [3.05, 3.63) is 47.8 Å². The summed E-state index contributed by atoms with van der Waals surface area (Å²) in [5.74, 6) is -1.58. The van der Waals surface area contributed by atoms with Crippen LogP contribution in [0.4, 0.5) is 15.8 Å². The van der Waals surface area contributed by atoms with Crippen molar-refractivity contribution in [1.29, 1.82) is 0 Å². The molecule has 2 N–H and O–H groups in total. The van der Waals surface area contributed by atoms with Gasteiger partial charge in [0.2, 0.25) is 15.8 Å². The summed E-state index contributed by atoms with van der Waals surface area (Å²) in [5, 5.41) is 12.9. The maximum atomic E-state index is 14.1. The predicted molar refractivity (Wildman–Crippen MR) is 127 cm³/mol. The van der Waals surface area contributed by atoms with Crippen LogP contribution in [0, 0.1) is 11.7 Å². The van der Waals surface area contributed by atoms with Crippen molar-refractivity contribution < 1.29 is 32.0 Å². The standard InChI is InChI=1S/C23H25FN4O6S/c1-33-10-9-28(13-14-3-4-14)20-8-6-16(12-19(20)27-35(2,31)32)22-25-21(26-34-22)15-5-7-17(23(29)30)18(24)11-15/h5-8,11-12,14,27H,3-4,9-10,13H2,1-2H3,(H,29,30). The predicted octanol–water partition coefficient (Wildman–Crippen LogP) is 3.48. The van der Waals surface area contributed by atoms with Gasteiger partial charge in [-0.15, -0.1) is 0 Å². The van der Waals surface area contributed by atoms with E-state index in [2.05, 4.69) is 19.8 Å². The zero-order valence-electron chi connectivity index (χ0n) is 19.2. The number of benzene rings is 2. The molecule has 3 aromatic rings. The van der Waals surface area contributed by atoms with Gasteiger partial charge in [0.15, 0.2) is 0 Å². The van der Waals surface area contributed by atoms with E-state index < -0.39 is 27.4 Å². The van der Waals surface area contributed by atoms with Gasteiger partial charge < -0.3 is 19.3 Å². The van der Waals surface area contributed by atoms with E-state index in [9.17, 15) is 17.6 Å². The van der Waals surface area contributed by atoms with Crippen LogP contribution in [0.2, 0.25) is 0 Å². The molecule has 35 heavy (non-hydrogen) atoms. The number of nitrogens with zero attached hydrogens (tertiary/aromatic N) is 3. The molecule has 4 rings (SSSR count). The van der Waals surface area contributed by atoms with Gasteiger partial charge in [-0.2, -0.15) is 4.98 Å². The Morgan fingerprint density at radius 2 is 2.00 bits per heavy atom. The van der Waals surface area contributed by atoms with Crippen LogP contribution in [-0.4, -0.2) is 62.7 Å². The first kappa shape index (κ1) is 24.6. The minimum absolute atomic E-state index is 0.0630. The van der Waals surface area contributed by atoms with Crippen molar-refractivity contribution in [2.75, 3.05) is 42.7 Å². The van der Waals surface area contributed by atoms with Crippen molar-refractivity contribution >= 4 is 27.4 Å². The third-order valence-corrected chi connectivity index (χ3v) is 6.09. The van der Waals surface area contributed by atoms with Gasteiger partial charge in [0.1, 0.15) is 5.82 Å². The van der Waals surface area contributed by atoms with Crippen molar-refractivity contribution in [3.63, 3.8) is 0 Å². The number of aromatic carboxylic acids is 1. The monoisotopic (exact) mass is 504 g/mol. The highest BCUT2D eigenvalue weighted by atomic mass is 32.2. The number of ether oxygens (including phenoxy) is 1. The minimum Gasteiger partial charge on any atom is -0.478 e. The molecule has 0 amide bonds. The van der Waals surface area contributed by atoms with Crippen LogP contribution in [0.25, 0.3) is 22.8 Å². The van der Waals surface area contributed by atoms with Crippen LogP contribution in [0.5, 0.6) is 0 Å². The largest absolute Gasteiger partial charge is 0.478 e. The third-order valence-electron chi connectivity index (χ3n) is 5.50. The van der Waals surface area contributed by atoms with E-state index in [1.165, 1.54) is 6.07 Å². The van der Waals surface area contributed by atoms with Gasteiger partial charge in [0.25, 0.3) is 5.89 Å². The highest BCUT2D eigenvalue weighted by molar-refractivity contribution is 7.92. The molecule has 0 spiro atoms. The summed E-state index contributed by atoms with van der Waals surface area (Å²) in [5.41, 5.74) is 1.30. The maximum absolute atomic E-state index is 14.1. The van der Waals surface area contributed by atoms with Crippen LogP contribution in [-0.2, 0) is 14.8 Å². The van der Waals surface area contributed by atoms with E-state index >= 15 is 0 Å². The lowest BCUT2D eigenvalue weighted by Crippen LogP contribution is -2.30. The Labute approximate surface area is 201 Å². The molecule has 0 saturated heterocycles. The van der Waals surface area contributed by atoms with Crippen molar-refractivity contribution in [2.45, 2.75) is 12.8 Å². The number of sulfonamides is 1. The lowest BCUT2D eigenvalue weighted by molar-refractivity contribution is 0.0692. The molecular formula is C23H25FN4O6S. The third kappa shape index (κ3) is 6.14. The maximum Gasteiger partial charge on any atom is 0.338 e. The van der Waals surface area contributed by atoms with Gasteiger partial charge in [0, 0.05) is 31.3 Å². The second-order valence-electron chi connectivity index (χ2n) is 8.41. The van der Waals surface area contributed by atoms with Crippen molar-refractivity contribution in [3.8, 4) is 22.8 Å². The molecule has 186 valence electrons. The molecule has 2 aromatic carbocycles. The molecular weight excluding hydrogens is 479 g/mol. The average Bonchev–Trinajstić information content (AvgIpc) is 3.47. The van der Waals surface area contributed by atoms with Crippen LogP contribution in [0.3, 0.4) is 0 Å². The molecule has 0 atom stereocenters. The number of carbonyl (C=O) groups is 1. The first-order valence-corrected chi connectivity index (χ1v) is 12.8. The number of aromatic nitrogens is 2. The van der Waals surface area contributed by atoms with Gasteiger partial charge in [-0.1, -0.05) is 5.16 Å². The fourth-order valence-electron chi connectivity index (χ4n) is 3.64. The van der Waals surface area contributed by atoms with E-state index in [1.54, 1.807) is 25.3 Å². The zero-order chi connectivity index (χ0) is 25.2. The number of hydrogen-bond acceptors (Lipinski definition) is 8. The number of methoxy groups -OCH3 is 1. The summed E-state index contributed by atoms with van der Waals surface area (Å²) in [6.45, 7) is 1.86. The number of carboxylic acids is 1. The number of anilines is 2. The van der Waals surface area contributed by atoms with Gasteiger partial charge >= 0.3 is 5.97 Å². The van der Waals surface area contributed by atoms with Crippen LogP contribution < -0.4 is 9.62 Å². The van der Waals surface area contributed by atoms with Gasteiger partial charge in [-0.05, 0) is 55.2 Å². The molecule has 1 saturated carbocycles. The number of hydrogen-bond donors (Lipinski definition) is 2. The zero-order valence-corrected chi connectivity index (χ0v) is 20.0. The molecule has 0 aliphatic heterocycles. The highest BCUT2D eigenvalue weighted by Gasteiger charge is 2.26. The molecule has 1 fully saturated rings. The molecule has 0 bridgehead atoms.